The zero-order chi connectivity index (χ0) is 18.4. The number of nitrogens with one attached hydrogen (secondary N) is 1. The minimum atomic E-state index is -0.822. The van der Waals surface area contributed by atoms with Gasteiger partial charge in [0.1, 0.15) is 6.04 Å². The van der Waals surface area contributed by atoms with Gasteiger partial charge >= 0.3 is 11.7 Å². The van der Waals surface area contributed by atoms with E-state index >= 15 is 0 Å². The van der Waals surface area contributed by atoms with E-state index in [0.717, 1.165) is 4.57 Å². The van der Waals surface area contributed by atoms with E-state index in [1.54, 1.807) is 30.9 Å². The first-order valence-electron chi connectivity index (χ1n) is 7.68. The summed E-state index contributed by atoms with van der Waals surface area (Å²) in [6.45, 7) is 11.9. The molecular weight excluding hydrogens is 328 g/mol. The third-order valence-corrected chi connectivity index (χ3v) is 3.11. The van der Waals surface area contributed by atoms with Crippen molar-refractivity contribution in [1.82, 2.24) is 19.5 Å². The maximum Gasteiger partial charge on any atom is 0.462 e. The van der Waals surface area contributed by atoms with Gasteiger partial charge in [-0.05, 0) is 13.8 Å². The standard InChI is InChI=1S/C15H20N6O4/c1-5-8-20(9-6-2)12-17-13(16-10(4)11(22)24-7-3)21-14(18-12)19-15(23)25-21/h5-6,10H,1-2,7-9H2,3-4H3,(H,16,17,18,19,23). The van der Waals surface area contributed by atoms with Gasteiger partial charge in [-0.1, -0.05) is 16.7 Å². The molecule has 0 bridgehead atoms. The molecule has 0 aliphatic carbocycles. The zero-order valence-corrected chi connectivity index (χ0v) is 14.1. The maximum absolute atomic E-state index is 11.8. The van der Waals surface area contributed by atoms with Crippen LogP contribution >= 0.6 is 0 Å². The van der Waals surface area contributed by atoms with Gasteiger partial charge in [0, 0.05) is 13.1 Å². The van der Waals surface area contributed by atoms with Crippen LogP contribution in [0.3, 0.4) is 0 Å². The van der Waals surface area contributed by atoms with Crippen LogP contribution < -0.4 is 16.0 Å². The van der Waals surface area contributed by atoms with Crippen molar-refractivity contribution in [3.8, 4) is 0 Å². The minimum Gasteiger partial charge on any atom is -0.464 e. The fraction of sp³-hybridized carbons (Fsp3) is 0.400. The summed E-state index contributed by atoms with van der Waals surface area (Å²) < 4.78 is 10.9. The molecule has 0 fully saturated rings. The largest absolute Gasteiger partial charge is 0.464 e. The molecule has 0 aliphatic rings. The summed E-state index contributed by atoms with van der Waals surface area (Å²) in [7, 11) is 0. The van der Waals surface area contributed by atoms with E-state index in [1.165, 1.54) is 0 Å². The molecule has 134 valence electrons. The Morgan fingerprint density at radius 2 is 2.04 bits per heavy atom. The molecule has 1 N–H and O–H groups in total. The van der Waals surface area contributed by atoms with Gasteiger partial charge in [0.05, 0.1) is 6.61 Å². The fourth-order valence-electron chi connectivity index (χ4n) is 2.03. The molecule has 2 rings (SSSR count). The molecule has 25 heavy (non-hydrogen) atoms. The number of esters is 1. The Balaban J connectivity index is 2.45. The molecule has 2 heterocycles. The summed E-state index contributed by atoms with van der Waals surface area (Å²) in [5, 5.41) is 2.85. The molecule has 10 nitrogen and oxygen atoms in total. The number of aromatic nitrogens is 4. The van der Waals surface area contributed by atoms with Crippen molar-refractivity contribution in [2.45, 2.75) is 19.9 Å². The highest BCUT2D eigenvalue weighted by molar-refractivity contribution is 5.78. The highest BCUT2D eigenvalue weighted by Crippen LogP contribution is 2.15. The quantitative estimate of drug-likeness (QED) is 0.514. The first-order chi connectivity index (χ1) is 12.0. The van der Waals surface area contributed by atoms with Crippen LogP contribution in [0.25, 0.3) is 5.78 Å². The van der Waals surface area contributed by atoms with Crippen molar-refractivity contribution in [3.05, 3.63) is 35.9 Å². The van der Waals surface area contributed by atoms with Crippen LogP contribution in [0.5, 0.6) is 0 Å². The van der Waals surface area contributed by atoms with Crippen LogP contribution in [0.4, 0.5) is 11.9 Å². The lowest BCUT2D eigenvalue weighted by Gasteiger charge is -2.20. The van der Waals surface area contributed by atoms with Gasteiger partial charge in [-0.25, -0.2) is 9.59 Å². The first-order valence-corrected chi connectivity index (χ1v) is 7.68. The molecule has 2 aromatic heterocycles. The second-order valence-electron chi connectivity index (χ2n) is 5.01. The van der Waals surface area contributed by atoms with Gasteiger partial charge in [0.2, 0.25) is 11.9 Å². The fourth-order valence-corrected chi connectivity index (χ4v) is 2.03. The average Bonchev–Trinajstić information content (AvgIpc) is 2.95. The molecule has 0 amide bonds. The van der Waals surface area contributed by atoms with Gasteiger partial charge in [0.25, 0.3) is 5.78 Å². The zero-order valence-electron chi connectivity index (χ0n) is 14.1. The van der Waals surface area contributed by atoms with Gasteiger partial charge in [-0.3, -0.25) is 0 Å². The minimum absolute atomic E-state index is 0.0201. The van der Waals surface area contributed by atoms with Crippen LogP contribution in [0.2, 0.25) is 0 Å². The van der Waals surface area contributed by atoms with Crippen molar-refractivity contribution < 1.29 is 14.1 Å². The first kappa shape index (κ1) is 18.2. The van der Waals surface area contributed by atoms with E-state index in [9.17, 15) is 9.59 Å². The van der Waals surface area contributed by atoms with Gasteiger partial charge in [-0.15, -0.1) is 18.1 Å². The summed E-state index contributed by atoms with van der Waals surface area (Å²) in [6, 6.07) is -0.717. The molecule has 0 radical (unpaired) electrons. The SMILES string of the molecule is C=CCN(CC=C)c1nc(NC(C)C(=O)OCC)n2oc(=O)nc2n1. The highest BCUT2D eigenvalue weighted by atomic mass is 16.5. The predicted molar refractivity (Wildman–Crippen MR) is 91.6 cm³/mol. The number of carbonyl (C=O) groups excluding carboxylic acids is 1. The van der Waals surface area contributed by atoms with E-state index in [4.69, 9.17) is 9.26 Å². The topological polar surface area (TPSA) is 115 Å². The number of carbonyl (C=O) groups is 1. The number of nitrogens with zero attached hydrogens (tertiary/aromatic N) is 5. The lowest BCUT2D eigenvalue weighted by molar-refractivity contribution is -0.143. The number of ether oxygens (including phenoxy) is 1. The molecule has 0 aromatic carbocycles. The Bertz CT molecular complexity index is 817. The highest BCUT2D eigenvalue weighted by Gasteiger charge is 2.20. The monoisotopic (exact) mass is 348 g/mol. The average molecular weight is 348 g/mol. The Labute approximate surface area is 143 Å². The second kappa shape index (κ2) is 8.08. The smallest absolute Gasteiger partial charge is 0.462 e. The second-order valence-corrected chi connectivity index (χ2v) is 5.01. The number of fused-ring (bicyclic) bond motifs is 1. The molecule has 0 aliphatic heterocycles. The third-order valence-electron chi connectivity index (χ3n) is 3.11. The van der Waals surface area contributed by atoms with E-state index in [-0.39, 0.29) is 24.3 Å². The molecule has 0 saturated carbocycles. The Kier molecular flexibility index (Phi) is 5.88. The number of rotatable bonds is 9. The molecule has 1 unspecified atom stereocenters. The van der Waals surface area contributed by atoms with Crippen molar-refractivity contribution in [2.75, 3.05) is 29.9 Å². The van der Waals surface area contributed by atoms with E-state index in [2.05, 4.69) is 33.4 Å². The van der Waals surface area contributed by atoms with Crippen molar-refractivity contribution in [3.63, 3.8) is 0 Å². The van der Waals surface area contributed by atoms with Gasteiger partial charge in [0.15, 0.2) is 0 Å². The lowest BCUT2D eigenvalue weighted by Crippen LogP contribution is -2.31. The summed E-state index contributed by atoms with van der Waals surface area (Å²) in [5.74, 6) is -0.879. The van der Waals surface area contributed by atoms with Gasteiger partial charge in [-0.2, -0.15) is 9.97 Å². The van der Waals surface area contributed by atoms with Crippen LogP contribution in [0, 0.1) is 0 Å². The van der Waals surface area contributed by atoms with Crippen LogP contribution in [-0.4, -0.2) is 51.2 Å². The number of anilines is 2. The van der Waals surface area contributed by atoms with Crippen LogP contribution in [-0.2, 0) is 9.53 Å². The van der Waals surface area contributed by atoms with E-state index < -0.39 is 17.8 Å². The molecule has 0 spiro atoms. The van der Waals surface area contributed by atoms with Crippen molar-refractivity contribution in [1.29, 1.82) is 0 Å². The molecular formula is C15H20N6O4. The van der Waals surface area contributed by atoms with Gasteiger partial charge < -0.3 is 19.5 Å². The molecule has 2 aromatic rings. The predicted octanol–water partition coefficient (Wildman–Crippen LogP) is 0.619. The number of hydrogen-bond donors (Lipinski definition) is 1. The number of hydrogen-bond acceptors (Lipinski definition) is 9. The normalized spacial score (nSPS) is 11.8. The third kappa shape index (κ3) is 4.22. The van der Waals surface area contributed by atoms with Crippen LogP contribution in [0.1, 0.15) is 13.8 Å². The van der Waals surface area contributed by atoms with Crippen molar-refractivity contribution >= 4 is 23.6 Å². The van der Waals surface area contributed by atoms with Crippen molar-refractivity contribution in [2.24, 2.45) is 0 Å². The summed E-state index contributed by atoms with van der Waals surface area (Å²) in [4.78, 5) is 37.3. The molecule has 10 heteroatoms. The molecule has 0 saturated heterocycles. The summed E-state index contributed by atoms with van der Waals surface area (Å²) in [5.41, 5.74) is 0. The summed E-state index contributed by atoms with van der Waals surface area (Å²) in [6.07, 6.45) is 3.36. The molecule has 1 atom stereocenters. The Morgan fingerprint density at radius 1 is 1.36 bits per heavy atom. The Hall–Kier alpha value is -3.17. The lowest BCUT2D eigenvalue weighted by atomic mass is 10.3. The van der Waals surface area contributed by atoms with E-state index in [1.807, 2.05) is 0 Å². The maximum atomic E-state index is 11.8. The van der Waals surface area contributed by atoms with Crippen LogP contribution in [0.15, 0.2) is 34.6 Å². The summed E-state index contributed by atoms with van der Waals surface area (Å²) >= 11 is 0. The Morgan fingerprint density at radius 3 is 2.64 bits per heavy atom. The van der Waals surface area contributed by atoms with E-state index in [0.29, 0.717) is 13.1 Å².